The molecular formula is C17H24N4O3. The van der Waals surface area contributed by atoms with Crippen LogP contribution in [0.25, 0.3) is 0 Å². The highest BCUT2D eigenvalue weighted by Gasteiger charge is 2.22. The first kappa shape index (κ1) is 17.9. The maximum Gasteiger partial charge on any atom is 0.255 e. The molecule has 1 amide bonds. The van der Waals surface area contributed by atoms with Crippen molar-refractivity contribution >= 4 is 5.91 Å². The van der Waals surface area contributed by atoms with Gasteiger partial charge < -0.3 is 19.3 Å². The van der Waals surface area contributed by atoms with Gasteiger partial charge in [0.1, 0.15) is 18.7 Å². The first-order valence-electron chi connectivity index (χ1n) is 7.90. The summed E-state index contributed by atoms with van der Waals surface area (Å²) < 4.78 is 7.43. The van der Waals surface area contributed by atoms with Crippen LogP contribution in [0, 0.1) is 6.92 Å². The number of hydrogen-bond acceptors (Lipinski definition) is 5. The lowest BCUT2D eigenvalue weighted by molar-refractivity contribution is -0.141. The number of nitrogens with zero attached hydrogens (tertiary/aromatic N) is 4. The maximum atomic E-state index is 12.3. The molecule has 0 aliphatic rings. The number of para-hydroxylation sites is 1. The predicted molar refractivity (Wildman–Crippen MR) is 89.6 cm³/mol. The van der Waals surface area contributed by atoms with Gasteiger partial charge in [-0.05, 0) is 32.4 Å². The van der Waals surface area contributed by atoms with E-state index in [0.717, 1.165) is 5.56 Å². The third-order valence-electron chi connectivity index (χ3n) is 3.73. The third-order valence-corrected chi connectivity index (χ3v) is 3.73. The first-order chi connectivity index (χ1) is 11.4. The van der Waals surface area contributed by atoms with Crippen LogP contribution < -0.4 is 4.74 Å². The average molecular weight is 332 g/mol. The normalized spacial score (nSPS) is 12.2. The standard InChI is InChI=1S/C17H24N4O3/c1-12(2)21-11-18-19-16(21)9-20(4)17(23)14(22)10-24-15-8-6-5-7-13(15)3/h5-8,11-12,14,22H,9-10H2,1-4H3. The van der Waals surface area contributed by atoms with Crippen LogP contribution in [0.1, 0.15) is 31.3 Å². The number of rotatable bonds is 7. The molecule has 130 valence electrons. The summed E-state index contributed by atoms with van der Waals surface area (Å²) in [5, 5.41) is 18.0. The lowest BCUT2D eigenvalue weighted by Gasteiger charge is -2.21. The van der Waals surface area contributed by atoms with Crippen LogP contribution >= 0.6 is 0 Å². The summed E-state index contributed by atoms with van der Waals surface area (Å²) in [6.45, 7) is 6.12. The summed E-state index contributed by atoms with van der Waals surface area (Å²) in [6.07, 6.45) is 0.404. The van der Waals surface area contributed by atoms with Crippen LogP contribution in [-0.2, 0) is 11.3 Å². The Labute approximate surface area is 141 Å². The molecule has 1 unspecified atom stereocenters. The molecule has 0 bridgehead atoms. The number of aliphatic hydroxyl groups is 1. The summed E-state index contributed by atoms with van der Waals surface area (Å²) in [5.74, 6) is 0.918. The number of ether oxygens (including phenoxy) is 1. The van der Waals surface area contributed by atoms with Crippen molar-refractivity contribution < 1.29 is 14.6 Å². The number of aliphatic hydroxyl groups excluding tert-OH is 1. The van der Waals surface area contributed by atoms with Crippen LogP contribution in [-0.4, -0.2) is 50.4 Å². The van der Waals surface area contributed by atoms with E-state index in [1.807, 2.05) is 43.5 Å². The smallest absolute Gasteiger partial charge is 0.255 e. The topological polar surface area (TPSA) is 80.5 Å². The van der Waals surface area contributed by atoms with Gasteiger partial charge >= 0.3 is 0 Å². The molecular weight excluding hydrogens is 308 g/mol. The van der Waals surface area contributed by atoms with Crippen molar-refractivity contribution in [3.8, 4) is 5.75 Å². The largest absolute Gasteiger partial charge is 0.490 e. The van der Waals surface area contributed by atoms with Gasteiger partial charge in [0.25, 0.3) is 5.91 Å². The first-order valence-corrected chi connectivity index (χ1v) is 7.90. The van der Waals surface area contributed by atoms with Crippen molar-refractivity contribution in [3.05, 3.63) is 42.0 Å². The molecule has 1 heterocycles. The Hall–Kier alpha value is -2.41. The van der Waals surface area contributed by atoms with Gasteiger partial charge in [-0.3, -0.25) is 4.79 Å². The minimum absolute atomic E-state index is 0.0924. The Bertz CT molecular complexity index is 684. The molecule has 2 aromatic rings. The van der Waals surface area contributed by atoms with E-state index in [4.69, 9.17) is 4.74 Å². The summed E-state index contributed by atoms with van der Waals surface area (Å²) in [6, 6.07) is 7.67. The summed E-state index contributed by atoms with van der Waals surface area (Å²) in [4.78, 5) is 13.7. The number of carbonyl (C=O) groups excluding carboxylic acids is 1. The quantitative estimate of drug-likeness (QED) is 0.832. The van der Waals surface area contributed by atoms with Crippen LogP contribution in [0.2, 0.25) is 0 Å². The molecule has 2 rings (SSSR count). The van der Waals surface area contributed by atoms with Crippen molar-refractivity contribution in [2.45, 2.75) is 39.5 Å². The van der Waals surface area contributed by atoms with Gasteiger partial charge in [0.05, 0.1) is 6.54 Å². The number of aryl methyl sites for hydroxylation is 1. The van der Waals surface area contributed by atoms with Gasteiger partial charge in [0, 0.05) is 13.1 Å². The second-order valence-corrected chi connectivity index (χ2v) is 6.03. The van der Waals surface area contributed by atoms with E-state index in [0.29, 0.717) is 11.6 Å². The van der Waals surface area contributed by atoms with Gasteiger partial charge in [-0.25, -0.2) is 0 Å². The molecule has 0 radical (unpaired) electrons. The number of carbonyl (C=O) groups is 1. The second-order valence-electron chi connectivity index (χ2n) is 6.03. The maximum absolute atomic E-state index is 12.3. The average Bonchev–Trinajstić information content (AvgIpc) is 3.01. The predicted octanol–water partition coefficient (Wildman–Crippen LogP) is 1.57. The van der Waals surface area contributed by atoms with E-state index in [-0.39, 0.29) is 19.2 Å². The van der Waals surface area contributed by atoms with E-state index in [2.05, 4.69) is 10.2 Å². The molecule has 1 N–H and O–H groups in total. The van der Waals surface area contributed by atoms with Gasteiger partial charge in [-0.1, -0.05) is 18.2 Å². The second kappa shape index (κ2) is 7.92. The SMILES string of the molecule is Cc1ccccc1OCC(O)C(=O)N(C)Cc1nncn1C(C)C. The molecule has 0 aliphatic carbocycles. The van der Waals surface area contributed by atoms with E-state index in [1.165, 1.54) is 4.90 Å². The van der Waals surface area contributed by atoms with Gasteiger partial charge in [0.15, 0.2) is 11.9 Å². The lowest BCUT2D eigenvalue weighted by Crippen LogP contribution is -2.39. The molecule has 0 saturated heterocycles. The van der Waals surface area contributed by atoms with Gasteiger partial charge in [-0.15, -0.1) is 10.2 Å². The molecule has 0 aliphatic heterocycles. The van der Waals surface area contributed by atoms with Crippen LogP contribution in [0.15, 0.2) is 30.6 Å². The van der Waals surface area contributed by atoms with E-state index < -0.39 is 12.0 Å². The molecule has 7 heteroatoms. The molecule has 1 atom stereocenters. The molecule has 1 aromatic heterocycles. The van der Waals surface area contributed by atoms with E-state index in [9.17, 15) is 9.90 Å². The molecule has 0 saturated carbocycles. The summed E-state index contributed by atoms with van der Waals surface area (Å²) >= 11 is 0. The van der Waals surface area contributed by atoms with Gasteiger partial charge in [0.2, 0.25) is 0 Å². The highest BCUT2D eigenvalue weighted by Crippen LogP contribution is 2.16. The van der Waals surface area contributed by atoms with Crippen molar-refractivity contribution in [2.24, 2.45) is 0 Å². The summed E-state index contributed by atoms with van der Waals surface area (Å²) in [5.41, 5.74) is 0.954. The number of likely N-dealkylation sites (N-methyl/N-ethyl adjacent to an activating group) is 1. The third kappa shape index (κ3) is 4.32. The Balaban J connectivity index is 1.92. The van der Waals surface area contributed by atoms with E-state index >= 15 is 0 Å². The monoisotopic (exact) mass is 332 g/mol. The molecule has 0 fully saturated rings. The van der Waals surface area contributed by atoms with Crippen LogP contribution in [0.3, 0.4) is 0 Å². The molecule has 1 aromatic carbocycles. The highest BCUT2D eigenvalue weighted by molar-refractivity contribution is 5.80. The lowest BCUT2D eigenvalue weighted by atomic mass is 10.2. The fraction of sp³-hybridized carbons (Fsp3) is 0.471. The zero-order valence-electron chi connectivity index (χ0n) is 14.5. The van der Waals surface area contributed by atoms with Crippen molar-refractivity contribution in [2.75, 3.05) is 13.7 Å². The molecule has 0 spiro atoms. The Morgan fingerprint density at radius 3 is 2.75 bits per heavy atom. The van der Waals surface area contributed by atoms with Crippen molar-refractivity contribution in [1.82, 2.24) is 19.7 Å². The fourth-order valence-electron chi connectivity index (χ4n) is 2.31. The number of aromatic nitrogens is 3. The highest BCUT2D eigenvalue weighted by atomic mass is 16.5. The zero-order valence-corrected chi connectivity index (χ0v) is 14.5. The fourth-order valence-corrected chi connectivity index (χ4v) is 2.31. The minimum atomic E-state index is -1.23. The Kier molecular flexibility index (Phi) is 5.92. The van der Waals surface area contributed by atoms with Crippen molar-refractivity contribution in [3.63, 3.8) is 0 Å². The van der Waals surface area contributed by atoms with Gasteiger partial charge in [-0.2, -0.15) is 0 Å². The van der Waals surface area contributed by atoms with Crippen LogP contribution in [0.5, 0.6) is 5.75 Å². The summed E-state index contributed by atoms with van der Waals surface area (Å²) in [7, 11) is 1.62. The van der Waals surface area contributed by atoms with Crippen molar-refractivity contribution in [1.29, 1.82) is 0 Å². The number of amides is 1. The molecule has 24 heavy (non-hydrogen) atoms. The van der Waals surface area contributed by atoms with Crippen LogP contribution in [0.4, 0.5) is 0 Å². The zero-order chi connectivity index (χ0) is 17.7. The van der Waals surface area contributed by atoms with E-state index in [1.54, 1.807) is 19.4 Å². The molecule has 7 nitrogen and oxygen atoms in total. The Morgan fingerprint density at radius 1 is 1.38 bits per heavy atom. The Morgan fingerprint density at radius 2 is 2.08 bits per heavy atom. The number of benzene rings is 1. The minimum Gasteiger partial charge on any atom is -0.490 e. The number of hydrogen-bond donors (Lipinski definition) is 1.